The lowest BCUT2D eigenvalue weighted by Crippen LogP contribution is -2.24. The highest BCUT2D eigenvalue weighted by atomic mass is 32.2. The second kappa shape index (κ2) is 10.1. The number of aryl methyl sites for hydroxylation is 2. The molecule has 172 valence electrons. The van der Waals surface area contributed by atoms with Gasteiger partial charge in [0, 0.05) is 51.8 Å². The molecule has 0 saturated carbocycles. The van der Waals surface area contributed by atoms with Crippen LogP contribution in [0.15, 0.2) is 41.4 Å². The number of imidazole rings is 1. The topological polar surface area (TPSA) is 106 Å². The van der Waals surface area contributed by atoms with E-state index in [9.17, 15) is 13.2 Å². The Morgan fingerprint density at radius 2 is 2.00 bits per heavy atom. The number of amides is 1. The van der Waals surface area contributed by atoms with Gasteiger partial charge in [-0.3, -0.25) is 4.79 Å². The standard InChI is InChI=1S/C22H29N5O4S/c1-5-27-19-10-9-17(32(29,30)26(3)4)14-18(19)25-20(27)11-12-21(28)24-15-16-8-7-13-23-22(16)31-6-2/h7-10,13-14H,5-6,11-12,15H2,1-4H3,(H,24,28). The number of aromatic nitrogens is 3. The average molecular weight is 460 g/mol. The maximum atomic E-state index is 12.4. The number of hydrogen-bond donors (Lipinski definition) is 1. The van der Waals surface area contributed by atoms with E-state index in [4.69, 9.17) is 4.74 Å². The molecule has 0 bridgehead atoms. The van der Waals surface area contributed by atoms with E-state index in [1.54, 1.807) is 30.5 Å². The maximum absolute atomic E-state index is 12.4. The molecule has 0 aliphatic carbocycles. The van der Waals surface area contributed by atoms with E-state index >= 15 is 0 Å². The van der Waals surface area contributed by atoms with Gasteiger partial charge in [-0.15, -0.1) is 0 Å². The number of carbonyl (C=O) groups excluding carboxylic acids is 1. The lowest BCUT2D eigenvalue weighted by atomic mass is 10.2. The molecule has 0 spiro atoms. The van der Waals surface area contributed by atoms with Crippen LogP contribution in [0.4, 0.5) is 0 Å². The Hall–Kier alpha value is -2.98. The van der Waals surface area contributed by atoms with Crippen molar-refractivity contribution in [2.24, 2.45) is 0 Å². The summed E-state index contributed by atoms with van der Waals surface area (Å²) in [6.07, 6.45) is 2.35. The lowest BCUT2D eigenvalue weighted by Gasteiger charge is -2.11. The Morgan fingerprint density at radius 1 is 1.22 bits per heavy atom. The molecule has 0 fully saturated rings. The molecular weight excluding hydrogens is 430 g/mol. The second-order valence-corrected chi connectivity index (χ2v) is 9.54. The van der Waals surface area contributed by atoms with Crippen molar-refractivity contribution < 1.29 is 17.9 Å². The van der Waals surface area contributed by atoms with Gasteiger partial charge >= 0.3 is 0 Å². The highest BCUT2D eigenvalue weighted by Gasteiger charge is 2.19. The van der Waals surface area contributed by atoms with Crippen molar-refractivity contribution in [2.75, 3.05) is 20.7 Å². The largest absolute Gasteiger partial charge is 0.478 e. The van der Waals surface area contributed by atoms with Crippen LogP contribution in [0.3, 0.4) is 0 Å². The number of carbonyl (C=O) groups is 1. The molecule has 2 aromatic heterocycles. The van der Waals surface area contributed by atoms with Crippen LogP contribution in [-0.2, 0) is 34.3 Å². The molecule has 2 heterocycles. The molecule has 3 aromatic rings. The van der Waals surface area contributed by atoms with E-state index in [0.29, 0.717) is 37.5 Å². The number of nitrogens with zero attached hydrogens (tertiary/aromatic N) is 4. The minimum Gasteiger partial charge on any atom is -0.478 e. The Bertz CT molecular complexity index is 1200. The first kappa shape index (κ1) is 23.7. The molecule has 0 saturated heterocycles. The van der Waals surface area contributed by atoms with Crippen molar-refractivity contribution >= 4 is 27.0 Å². The number of pyridine rings is 1. The van der Waals surface area contributed by atoms with Crippen LogP contribution in [0.5, 0.6) is 5.88 Å². The molecule has 0 aliphatic rings. The molecule has 32 heavy (non-hydrogen) atoms. The molecule has 3 rings (SSSR count). The third-order valence-electron chi connectivity index (χ3n) is 5.08. The van der Waals surface area contributed by atoms with Gasteiger partial charge in [-0.05, 0) is 38.1 Å². The Labute approximate surface area is 188 Å². The summed E-state index contributed by atoms with van der Waals surface area (Å²) in [5.41, 5.74) is 2.26. The third kappa shape index (κ3) is 5.08. The summed E-state index contributed by atoms with van der Waals surface area (Å²) in [7, 11) is -0.547. The predicted octanol–water partition coefficient (Wildman–Crippen LogP) is 2.35. The van der Waals surface area contributed by atoms with Crippen LogP contribution in [-0.4, -0.2) is 53.9 Å². The number of benzene rings is 1. The number of rotatable bonds is 10. The molecule has 1 amide bonds. The fourth-order valence-corrected chi connectivity index (χ4v) is 4.33. The van der Waals surface area contributed by atoms with E-state index in [0.717, 1.165) is 16.9 Å². The second-order valence-electron chi connectivity index (χ2n) is 7.39. The molecule has 1 aromatic carbocycles. The van der Waals surface area contributed by atoms with Gasteiger partial charge < -0.3 is 14.6 Å². The quantitative estimate of drug-likeness (QED) is 0.499. The Balaban J connectivity index is 1.71. The molecule has 0 atom stereocenters. The summed E-state index contributed by atoms with van der Waals surface area (Å²) in [6.45, 7) is 5.38. The van der Waals surface area contributed by atoms with Gasteiger partial charge in [0.05, 0.1) is 22.5 Å². The summed E-state index contributed by atoms with van der Waals surface area (Å²) in [5, 5.41) is 2.90. The first-order valence-electron chi connectivity index (χ1n) is 10.5. The van der Waals surface area contributed by atoms with E-state index in [2.05, 4.69) is 15.3 Å². The van der Waals surface area contributed by atoms with Crippen molar-refractivity contribution in [3.8, 4) is 5.88 Å². The van der Waals surface area contributed by atoms with Gasteiger partial charge in [-0.2, -0.15) is 0 Å². The average Bonchev–Trinajstić information content (AvgIpc) is 3.13. The summed E-state index contributed by atoms with van der Waals surface area (Å²) in [4.78, 5) is 21.4. The Morgan fingerprint density at radius 3 is 2.69 bits per heavy atom. The zero-order valence-corrected chi connectivity index (χ0v) is 19.6. The fourth-order valence-electron chi connectivity index (χ4n) is 3.41. The van der Waals surface area contributed by atoms with E-state index < -0.39 is 10.0 Å². The van der Waals surface area contributed by atoms with Crippen LogP contribution in [0.1, 0.15) is 31.7 Å². The van der Waals surface area contributed by atoms with Crippen molar-refractivity contribution in [1.29, 1.82) is 0 Å². The molecule has 0 aliphatic heterocycles. The van der Waals surface area contributed by atoms with E-state index in [1.807, 2.05) is 24.5 Å². The summed E-state index contributed by atoms with van der Waals surface area (Å²) in [5.74, 6) is 1.15. The third-order valence-corrected chi connectivity index (χ3v) is 6.89. The van der Waals surface area contributed by atoms with Gasteiger partial charge in [0.15, 0.2) is 0 Å². The molecule has 0 unspecified atom stereocenters. The Kier molecular flexibility index (Phi) is 7.47. The fraction of sp³-hybridized carbons (Fsp3) is 0.409. The number of ether oxygens (including phenoxy) is 1. The summed E-state index contributed by atoms with van der Waals surface area (Å²) >= 11 is 0. The van der Waals surface area contributed by atoms with Gasteiger partial charge in [0.25, 0.3) is 0 Å². The van der Waals surface area contributed by atoms with Gasteiger partial charge in [-0.1, -0.05) is 6.07 Å². The normalized spacial score (nSPS) is 11.8. The highest BCUT2D eigenvalue weighted by molar-refractivity contribution is 7.89. The smallest absolute Gasteiger partial charge is 0.242 e. The van der Waals surface area contributed by atoms with Crippen LogP contribution < -0.4 is 10.1 Å². The molecule has 0 radical (unpaired) electrons. The summed E-state index contributed by atoms with van der Waals surface area (Å²) in [6, 6.07) is 8.61. The van der Waals surface area contributed by atoms with E-state index in [1.165, 1.54) is 18.4 Å². The number of sulfonamides is 1. The van der Waals surface area contributed by atoms with Crippen molar-refractivity contribution in [1.82, 2.24) is 24.2 Å². The van der Waals surface area contributed by atoms with Crippen molar-refractivity contribution in [2.45, 2.75) is 44.7 Å². The maximum Gasteiger partial charge on any atom is 0.242 e. The first-order chi connectivity index (χ1) is 15.3. The predicted molar refractivity (Wildman–Crippen MR) is 122 cm³/mol. The molecule has 9 nitrogen and oxygen atoms in total. The number of hydrogen-bond acceptors (Lipinski definition) is 6. The van der Waals surface area contributed by atoms with Crippen LogP contribution in [0, 0.1) is 0 Å². The van der Waals surface area contributed by atoms with E-state index in [-0.39, 0.29) is 17.2 Å². The van der Waals surface area contributed by atoms with Crippen molar-refractivity contribution in [3.05, 3.63) is 47.9 Å². The highest BCUT2D eigenvalue weighted by Crippen LogP contribution is 2.23. The summed E-state index contributed by atoms with van der Waals surface area (Å²) < 4.78 is 33.5. The van der Waals surface area contributed by atoms with Crippen molar-refractivity contribution in [3.63, 3.8) is 0 Å². The van der Waals surface area contributed by atoms with Crippen LogP contribution >= 0.6 is 0 Å². The monoisotopic (exact) mass is 459 g/mol. The minimum absolute atomic E-state index is 0.109. The van der Waals surface area contributed by atoms with Gasteiger partial charge in [0.1, 0.15) is 5.82 Å². The van der Waals surface area contributed by atoms with Gasteiger partial charge in [0.2, 0.25) is 21.8 Å². The molecule has 10 heteroatoms. The number of nitrogens with one attached hydrogen (secondary N) is 1. The molecule has 1 N–H and O–H groups in total. The first-order valence-corrected chi connectivity index (χ1v) is 12.0. The SMILES string of the molecule is CCOc1ncccc1CNC(=O)CCc1nc2cc(S(=O)(=O)N(C)C)ccc2n1CC. The van der Waals surface area contributed by atoms with Gasteiger partial charge in [-0.25, -0.2) is 22.7 Å². The zero-order chi connectivity index (χ0) is 23.3. The zero-order valence-electron chi connectivity index (χ0n) is 18.8. The number of fused-ring (bicyclic) bond motifs is 1. The van der Waals surface area contributed by atoms with Crippen LogP contribution in [0.2, 0.25) is 0 Å². The lowest BCUT2D eigenvalue weighted by molar-refractivity contribution is -0.121. The molecular formula is C22H29N5O4S. The van der Waals surface area contributed by atoms with Crippen LogP contribution in [0.25, 0.3) is 11.0 Å². The minimum atomic E-state index is -3.54.